The standard InChI is InChI=1S/C13H10N4O2/c14-13-16-10-6-8(7-1-3-15-4-2-7)5-9(12(18)19)11(10)17-13/h1-6H,(H,18,19)(H3,14,16,17). The van der Waals surface area contributed by atoms with Crippen molar-refractivity contribution < 1.29 is 9.90 Å². The van der Waals surface area contributed by atoms with Gasteiger partial charge >= 0.3 is 5.97 Å². The molecule has 4 N–H and O–H groups in total. The second kappa shape index (κ2) is 4.09. The molecule has 0 saturated heterocycles. The number of nitrogens with zero attached hydrogens (tertiary/aromatic N) is 2. The van der Waals surface area contributed by atoms with Crippen molar-refractivity contribution in [3.8, 4) is 11.1 Å². The Morgan fingerprint density at radius 2 is 1.95 bits per heavy atom. The first kappa shape index (κ1) is 11.2. The number of nitrogen functional groups attached to an aromatic ring is 1. The number of benzene rings is 1. The zero-order valence-corrected chi connectivity index (χ0v) is 9.79. The number of aromatic nitrogens is 3. The molecule has 3 aromatic rings. The molecule has 0 unspecified atom stereocenters. The van der Waals surface area contributed by atoms with Crippen LogP contribution in [-0.2, 0) is 0 Å². The van der Waals surface area contributed by atoms with E-state index < -0.39 is 5.97 Å². The van der Waals surface area contributed by atoms with Gasteiger partial charge in [-0.15, -0.1) is 0 Å². The molecule has 0 aliphatic carbocycles. The number of nitrogens with two attached hydrogens (primary N) is 1. The first-order valence-electron chi connectivity index (χ1n) is 5.58. The molecule has 1 aromatic carbocycles. The third kappa shape index (κ3) is 1.89. The summed E-state index contributed by atoms with van der Waals surface area (Å²) in [4.78, 5) is 22.1. The van der Waals surface area contributed by atoms with Gasteiger partial charge in [0, 0.05) is 12.4 Å². The van der Waals surface area contributed by atoms with Crippen LogP contribution in [0, 0.1) is 0 Å². The quantitative estimate of drug-likeness (QED) is 0.647. The van der Waals surface area contributed by atoms with E-state index in [2.05, 4.69) is 15.0 Å². The number of hydrogen-bond acceptors (Lipinski definition) is 4. The summed E-state index contributed by atoms with van der Waals surface area (Å²) in [5, 5.41) is 9.26. The zero-order chi connectivity index (χ0) is 13.4. The zero-order valence-electron chi connectivity index (χ0n) is 9.79. The average Bonchev–Trinajstić information content (AvgIpc) is 2.78. The minimum atomic E-state index is -1.03. The number of H-pyrrole nitrogens is 1. The summed E-state index contributed by atoms with van der Waals surface area (Å²) in [6.07, 6.45) is 3.31. The maximum absolute atomic E-state index is 11.3. The molecule has 0 radical (unpaired) electrons. The fraction of sp³-hybridized carbons (Fsp3) is 0. The van der Waals surface area contributed by atoms with Crippen molar-refractivity contribution in [3.05, 3.63) is 42.2 Å². The molecule has 2 heterocycles. The predicted octanol–water partition coefficient (Wildman–Crippen LogP) is 1.91. The molecular weight excluding hydrogens is 244 g/mol. The number of carbonyl (C=O) groups is 1. The van der Waals surface area contributed by atoms with Crippen LogP contribution >= 0.6 is 0 Å². The lowest BCUT2D eigenvalue weighted by molar-refractivity contribution is 0.0699. The van der Waals surface area contributed by atoms with Crippen LogP contribution in [0.25, 0.3) is 22.2 Å². The number of carboxylic acid groups (broad SMARTS) is 1. The number of anilines is 1. The summed E-state index contributed by atoms with van der Waals surface area (Å²) in [5.74, 6) is -0.836. The number of rotatable bonds is 2. The highest BCUT2D eigenvalue weighted by Crippen LogP contribution is 2.26. The van der Waals surface area contributed by atoms with Crippen LogP contribution < -0.4 is 5.73 Å². The Bertz CT molecular complexity index is 765. The number of nitrogens with one attached hydrogen (secondary N) is 1. The lowest BCUT2D eigenvalue weighted by Gasteiger charge is -2.03. The number of fused-ring (bicyclic) bond motifs is 1. The normalized spacial score (nSPS) is 10.7. The Labute approximate surface area is 107 Å². The molecule has 0 atom stereocenters. The fourth-order valence-electron chi connectivity index (χ4n) is 2.01. The van der Waals surface area contributed by atoms with Gasteiger partial charge in [-0.3, -0.25) is 4.98 Å². The van der Waals surface area contributed by atoms with Crippen molar-refractivity contribution in [1.29, 1.82) is 0 Å². The summed E-state index contributed by atoms with van der Waals surface area (Å²) < 4.78 is 0. The molecule has 6 nitrogen and oxygen atoms in total. The Kier molecular flexibility index (Phi) is 2.42. The first-order chi connectivity index (χ1) is 9.15. The van der Waals surface area contributed by atoms with E-state index in [0.29, 0.717) is 11.0 Å². The topological polar surface area (TPSA) is 105 Å². The van der Waals surface area contributed by atoms with Gasteiger partial charge in [0.15, 0.2) is 5.95 Å². The predicted molar refractivity (Wildman–Crippen MR) is 70.7 cm³/mol. The molecule has 0 aliphatic heterocycles. The molecule has 2 aromatic heterocycles. The molecule has 0 amide bonds. The summed E-state index contributed by atoms with van der Waals surface area (Å²) >= 11 is 0. The summed E-state index contributed by atoms with van der Waals surface area (Å²) in [6, 6.07) is 7.03. The van der Waals surface area contributed by atoms with E-state index in [4.69, 9.17) is 5.73 Å². The van der Waals surface area contributed by atoms with E-state index >= 15 is 0 Å². The van der Waals surface area contributed by atoms with Crippen LogP contribution in [0.4, 0.5) is 5.95 Å². The lowest BCUT2D eigenvalue weighted by Crippen LogP contribution is -1.98. The Balaban J connectivity index is 2.30. The van der Waals surface area contributed by atoms with E-state index in [1.54, 1.807) is 18.5 Å². The monoisotopic (exact) mass is 254 g/mol. The van der Waals surface area contributed by atoms with Gasteiger partial charge in [-0.25, -0.2) is 9.78 Å². The summed E-state index contributed by atoms with van der Waals surface area (Å²) in [5.41, 5.74) is 8.32. The van der Waals surface area contributed by atoms with Crippen molar-refractivity contribution in [3.63, 3.8) is 0 Å². The molecule has 19 heavy (non-hydrogen) atoms. The van der Waals surface area contributed by atoms with Gasteiger partial charge < -0.3 is 15.8 Å². The third-order valence-electron chi connectivity index (χ3n) is 2.85. The fourth-order valence-corrected chi connectivity index (χ4v) is 2.01. The number of aromatic amines is 1. The van der Waals surface area contributed by atoms with Gasteiger partial charge in [0.1, 0.15) is 5.52 Å². The van der Waals surface area contributed by atoms with Crippen LogP contribution in [0.5, 0.6) is 0 Å². The molecule has 0 fully saturated rings. The van der Waals surface area contributed by atoms with E-state index in [9.17, 15) is 9.90 Å². The number of imidazole rings is 1. The van der Waals surface area contributed by atoms with Gasteiger partial charge in [-0.05, 0) is 35.4 Å². The van der Waals surface area contributed by atoms with Crippen molar-refractivity contribution in [1.82, 2.24) is 15.0 Å². The van der Waals surface area contributed by atoms with Gasteiger partial charge in [0.25, 0.3) is 0 Å². The van der Waals surface area contributed by atoms with Crippen LogP contribution in [0.2, 0.25) is 0 Å². The van der Waals surface area contributed by atoms with Gasteiger partial charge in [-0.2, -0.15) is 0 Å². The van der Waals surface area contributed by atoms with Crippen molar-refractivity contribution in [2.45, 2.75) is 0 Å². The highest BCUT2D eigenvalue weighted by Gasteiger charge is 2.14. The molecule has 0 saturated carbocycles. The maximum Gasteiger partial charge on any atom is 0.338 e. The largest absolute Gasteiger partial charge is 0.478 e. The van der Waals surface area contributed by atoms with Crippen molar-refractivity contribution >= 4 is 23.0 Å². The smallest absolute Gasteiger partial charge is 0.338 e. The second-order valence-electron chi connectivity index (χ2n) is 4.08. The average molecular weight is 254 g/mol. The van der Waals surface area contributed by atoms with Crippen molar-refractivity contribution in [2.75, 3.05) is 5.73 Å². The number of hydrogen-bond donors (Lipinski definition) is 3. The minimum absolute atomic E-state index is 0.122. The lowest BCUT2D eigenvalue weighted by atomic mass is 10.0. The van der Waals surface area contributed by atoms with E-state index in [1.165, 1.54) is 0 Å². The summed E-state index contributed by atoms with van der Waals surface area (Å²) in [7, 11) is 0. The highest BCUT2D eigenvalue weighted by atomic mass is 16.4. The molecule has 6 heteroatoms. The van der Waals surface area contributed by atoms with Gasteiger partial charge in [-0.1, -0.05) is 0 Å². The van der Waals surface area contributed by atoms with Gasteiger partial charge in [0.2, 0.25) is 0 Å². The van der Waals surface area contributed by atoms with E-state index in [0.717, 1.165) is 11.1 Å². The van der Waals surface area contributed by atoms with Crippen LogP contribution in [0.15, 0.2) is 36.7 Å². The highest BCUT2D eigenvalue weighted by molar-refractivity contribution is 6.03. The molecule has 0 bridgehead atoms. The molecule has 94 valence electrons. The number of carboxylic acids is 1. The first-order valence-corrected chi connectivity index (χ1v) is 5.58. The maximum atomic E-state index is 11.3. The van der Waals surface area contributed by atoms with E-state index in [-0.39, 0.29) is 11.5 Å². The third-order valence-corrected chi connectivity index (χ3v) is 2.85. The minimum Gasteiger partial charge on any atom is -0.478 e. The number of pyridine rings is 1. The van der Waals surface area contributed by atoms with E-state index in [1.807, 2.05) is 18.2 Å². The summed E-state index contributed by atoms with van der Waals surface area (Å²) in [6.45, 7) is 0. The van der Waals surface area contributed by atoms with Crippen molar-refractivity contribution in [2.24, 2.45) is 0 Å². The molecule has 0 spiro atoms. The Morgan fingerprint density at radius 1 is 1.21 bits per heavy atom. The molecular formula is C13H10N4O2. The van der Waals surface area contributed by atoms with Crippen LogP contribution in [-0.4, -0.2) is 26.0 Å². The molecule has 3 rings (SSSR count). The second-order valence-corrected chi connectivity index (χ2v) is 4.08. The van der Waals surface area contributed by atoms with Crippen LogP contribution in [0.3, 0.4) is 0 Å². The SMILES string of the molecule is Nc1nc2c(C(=O)O)cc(-c3ccncc3)cc2[nH]1. The Hall–Kier alpha value is -2.89. The van der Waals surface area contributed by atoms with Gasteiger partial charge in [0.05, 0.1) is 11.1 Å². The number of aromatic carboxylic acids is 1. The molecule has 0 aliphatic rings. The van der Waals surface area contributed by atoms with Crippen LogP contribution in [0.1, 0.15) is 10.4 Å². The Morgan fingerprint density at radius 3 is 2.63 bits per heavy atom.